The van der Waals surface area contributed by atoms with Crippen LogP contribution in [0.3, 0.4) is 0 Å². The van der Waals surface area contributed by atoms with Crippen LogP contribution in [0.5, 0.6) is 0 Å². The van der Waals surface area contributed by atoms with Crippen molar-refractivity contribution in [3.05, 3.63) is 64.2 Å². The van der Waals surface area contributed by atoms with E-state index < -0.39 is 17.5 Å². The van der Waals surface area contributed by atoms with Crippen LogP contribution < -0.4 is 11.1 Å². The zero-order chi connectivity index (χ0) is 14.7. The summed E-state index contributed by atoms with van der Waals surface area (Å²) in [5.41, 5.74) is 6.52. The van der Waals surface area contributed by atoms with Crippen LogP contribution in [0.2, 0.25) is 5.02 Å². The number of carbonyl (C=O) groups is 1. The van der Waals surface area contributed by atoms with E-state index in [1.54, 1.807) is 0 Å². The first-order chi connectivity index (χ1) is 9.47. The van der Waals surface area contributed by atoms with Gasteiger partial charge in [-0.1, -0.05) is 17.7 Å². The van der Waals surface area contributed by atoms with Gasteiger partial charge in [0, 0.05) is 12.1 Å². The Kier molecular flexibility index (Phi) is 4.20. The summed E-state index contributed by atoms with van der Waals surface area (Å²) in [4.78, 5) is 11.1. The summed E-state index contributed by atoms with van der Waals surface area (Å²) in [5.74, 6) is -2.39. The number of anilines is 1. The van der Waals surface area contributed by atoms with Crippen molar-refractivity contribution < 1.29 is 13.6 Å². The first-order valence-corrected chi connectivity index (χ1v) is 6.12. The molecule has 104 valence electrons. The van der Waals surface area contributed by atoms with Gasteiger partial charge in [0.1, 0.15) is 0 Å². The van der Waals surface area contributed by atoms with E-state index in [0.717, 1.165) is 12.1 Å². The largest absolute Gasteiger partial charge is 0.380 e. The van der Waals surface area contributed by atoms with Gasteiger partial charge in [0.25, 0.3) is 0 Å². The molecule has 3 nitrogen and oxygen atoms in total. The molecule has 0 fully saturated rings. The molecular weight excluding hydrogens is 286 g/mol. The molecule has 20 heavy (non-hydrogen) atoms. The van der Waals surface area contributed by atoms with Crippen LogP contribution in [0.1, 0.15) is 15.9 Å². The maximum atomic E-state index is 13.1. The molecule has 0 saturated carbocycles. The van der Waals surface area contributed by atoms with Gasteiger partial charge in [-0.25, -0.2) is 8.78 Å². The smallest absolute Gasteiger partial charge is 0.248 e. The average Bonchev–Trinajstić information content (AvgIpc) is 2.41. The topological polar surface area (TPSA) is 55.1 Å². The summed E-state index contributed by atoms with van der Waals surface area (Å²) in [5, 5.41) is 3.34. The first kappa shape index (κ1) is 14.3. The third-order valence-electron chi connectivity index (χ3n) is 2.72. The minimum Gasteiger partial charge on any atom is -0.380 e. The Morgan fingerprint density at radius 2 is 1.90 bits per heavy atom. The normalized spacial score (nSPS) is 10.3. The van der Waals surface area contributed by atoms with Crippen LogP contribution in [0.4, 0.5) is 14.5 Å². The predicted octanol–water partition coefficient (Wildman–Crippen LogP) is 3.33. The maximum absolute atomic E-state index is 13.1. The summed E-state index contributed by atoms with van der Waals surface area (Å²) in [6.07, 6.45) is 0. The molecule has 1 amide bonds. The monoisotopic (exact) mass is 296 g/mol. The first-order valence-electron chi connectivity index (χ1n) is 5.74. The van der Waals surface area contributed by atoms with Crippen molar-refractivity contribution in [2.75, 3.05) is 5.32 Å². The van der Waals surface area contributed by atoms with Gasteiger partial charge in [-0.3, -0.25) is 4.79 Å². The van der Waals surface area contributed by atoms with Gasteiger partial charge in [0.05, 0.1) is 10.7 Å². The van der Waals surface area contributed by atoms with Crippen LogP contribution in [0.15, 0.2) is 36.4 Å². The molecule has 0 radical (unpaired) electrons. The van der Waals surface area contributed by atoms with Gasteiger partial charge < -0.3 is 11.1 Å². The number of amides is 1. The molecule has 0 spiro atoms. The Balaban J connectivity index is 2.15. The molecule has 0 aliphatic heterocycles. The van der Waals surface area contributed by atoms with E-state index in [9.17, 15) is 13.6 Å². The number of hydrogen-bond donors (Lipinski definition) is 2. The fraction of sp³-hybridized carbons (Fsp3) is 0.0714. The zero-order valence-corrected chi connectivity index (χ0v) is 11.0. The van der Waals surface area contributed by atoms with Crippen molar-refractivity contribution in [1.82, 2.24) is 0 Å². The Morgan fingerprint density at radius 3 is 2.55 bits per heavy atom. The van der Waals surface area contributed by atoms with E-state index in [-0.39, 0.29) is 6.54 Å². The summed E-state index contributed by atoms with van der Waals surface area (Å²) in [6.45, 7) is 0.235. The van der Waals surface area contributed by atoms with Gasteiger partial charge in [0.15, 0.2) is 11.6 Å². The number of benzene rings is 2. The van der Waals surface area contributed by atoms with Crippen molar-refractivity contribution in [1.29, 1.82) is 0 Å². The van der Waals surface area contributed by atoms with Gasteiger partial charge in [-0.2, -0.15) is 0 Å². The number of rotatable bonds is 4. The Hall–Kier alpha value is -2.14. The zero-order valence-electron chi connectivity index (χ0n) is 10.3. The lowest BCUT2D eigenvalue weighted by atomic mass is 10.1. The molecule has 2 rings (SSSR count). The van der Waals surface area contributed by atoms with Gasteiger partial charge >= 0.3 is 0 Å². The van der Waals surface area contributed by atoms with E-state index in [1.807, 2.05) is 0 Å². The van der Waals surface area contributed by atoms with Gasteiger partial charge in [-0.15, -0.1) is 0 Å². The lowest BCUT2D eigenvalue weighted by molar-refractivity contribution is 0.100. The van der Waals surface area contributed by atoms with E-state index in [2.05, 4.69) is 5.32 Å². The van der Waals surface area contributed by atoms with Crippen LogP contribution >= 0.6 is 11.6 Å². The van der Waals surface area contributed by atoms with Crippen LogP contribution in [0.25, 0.3) is 0 Å². The summed E-state index contributed by atoms with van der Waals surface area (Å²) in [7, 11) is 0. The van der Waals surface area contributed by atoms with E-state index in [1.165, 1.54) is 24.3 Å². The number of primary amides is 1. The number of nitrogens with one attached hydrogen (secondary N) is 1. The second-order valence-corrected chi connectivity index (χ2v) is 4.57. The third-order valence-corrected chi connectivity index (χ3v) is 3.05. The summed E-state index contributed by atoms with van der Waals surface area (Å²) in [6, 6.07) is 8.15. The molecule has 3 N–H and O–H groups in total. The molecule has 0 saturated heterocycles. The highest BCUT2D eigenvalue weighted by molar-refractivity contribution is 6.33. The van der Waals surface area contributed by atoms with E-state index in [0.29, 0.717) is 21.8 Å². The molecule has 0 aromatic heterocycles. The molecular formula is C14H11ClF2N2O. The van der Waals surface area contributed by atoms with Gasteiger partial charge in [0.2, 0.25) is 5.91 Å². The Morgan fingerprint density at radius 1 is 1.15 bits per heavy atom. The van der Waals surface area contributed by atoms with Crippen LogP contribution in [-0.4, -0.2) is 5.91 Å². The third kappa shape index (κ3) is 3.24. The highest BCUT2D eigenvalue weighted by Crippen LogP contribution is 2.23. The van der Waals surface area contributed by atoms with E-state index in [4.69, 9.17) is 17.3 Å². The number of carbonyl (C=O) groups excluding carboxylic acids is 1. The van der Waals surface area contributed by atoms with E-state index >= 15 is 0 Å². The highest BCUT2D eigenvalue weighted by Gasteiger charge is 2.07. The maximum Gasteiger partial charge on any atom is 0.248 e. The summed E-state index contributed by atoms with van der Waals surface area (Å²) >= 11 is 5.97. The minimum absolute atomic E-state index is 0.235. The molecule has 0 unspecified atom stereocenters. The molecule has 2 aromatic carbocycles. The van der Waals surface area contributed by atoms with Gasteiger partial charge in [-0.05, 0) is 35.9 Å². The van der Waals surface area contributed by atoms with Crippen molar-refractivity contribution in [3.63, 3.8) is 0 Å². The second kappa shape index (κ2) is 5.88. The minimum atomic E-state index is -0.915. The quantitative estimate of drug-likeness (QED) is 0.909. The van der Waals surface area contributed by atoms with Crippen LogP contribution in [-0.2, 0) is 6.54 Å². The fourth-order valence-electron chi connectivity index (χ4n) is 1.66. The predicted molar refractivity (Wildman–Crippen MR) is 73.7 cm³/mol. The molecule has 2 aromatic rings. The van der Waals surface area contributed by atoms with Crippen LogP contribution in [0, 0.1) is 11.6 Å². The standard InChI is InChI=1S/C14H11ClF2N2O/c15-10-3-2-9(14(18)20)6-13(10)19-7-8-1-4-11(16)12(17)5-8/h1-6,19H,7H2,(H2,18,20). The molecule has 0 atom stereocenters. The Bertz CT molecular complexity index is 662. The highest BCUT2D eigenvalue weighted by atomic mass is 35.5. The molecule has 0 aliphatic rings. The fourth-order valence-corrected chi connectivity index (χ4v) is 1.85. The molecule has 0 bridgehead atoms. The molecule has 6 heteroatoms. The second-order valence-electron chi connectivity index (χ2n) is 4.16. The lowest BCUT2D eigenvalue weighted by Crippen LogP contribution is -2.11. The Labute approximate surface area is 119 Å². The van der Waals surface area contributed by atoms with Crippen molar-refractivity contribution in [2.45, 2.75) is 6.54 Å². The number of hydrogen-bond acceptors (Lipinski definition) is 2. The molecule has 0 aliphatic carbocycles. The average molecular weight is 297 g/mol. The summed E-state index contributed by atoms with van der Waals surface area (Å²) < 4.78 is 25.9. The van der Waals surface area contributed by atoms with Crippen molar-refractivity contribution in [3.8, 4) is 0 Å². The number of halogens is 3. The van der Waals surface area contributed by atoms with Crippen molar-refractivity contribution >= 4 is 23.2 Å². The number of nitrogens with two attached hydrogens (primary N) is 1. The SMILES string of the molecule is NC(=O)c1ccc(Cl)c(NCc2ccc(F)c(F)c2)c1. The lowest BCUT2D eigenvalue weighted by Gasteiger charge is -2.10. The molecule has 0 heterocycles. The van der Waals surface area contributed by atoms with Crippen molar-refractivity contribution in [2.24, 2.45) is 5.73 Å².